The minimum atomic E-state index is -0.00109. The first-order chi connectivity index (χ1) is 10.8. The summed E-state index contributed by atoms with van der Waals surface area (Å²) < 4.78 is 1.60. The third-order valence-corrected chi connectivity index (χ3v) is 5.04. The summed E-state index contributed by atoms with van der Waals surface area (Å²) >= 11 is 0. The summed E-state index contributed by atoms with van der Waals surface area (Å²) in [5.74, 6) is 0.822. The van der Waals surface area contributed by atoms with Crippen molar-refractivity contribution in [1.82, 2.24) is 14.3 Å². The fourth-order valence-electron chi connectivity index (χ4n) is 3.79. The number of anilines is 1. The number of rotatable bonds is 2. The van der Waals surface area contributed by atoms with Gasteiger partial charge in [0, 0.05) is 44.5 Å². The SMILES string of the molecule is O=c1cc(N2CCN(C3CCCC3)CC2)nc2ccccn12. The second-order valence-corrected chi connectivity index (χ2v) is 6.34. The zero-order valence-electron chi connectivity index (χ0n) is 12.8. The Balaban J connectivity index is 1.52. The van der Waals surface area contributed by atoms with Crippen molar-refractivity contribution < 1.29 is 0 Å². The van der Waals surface area contributed by atoms with Crippen LogP contribution in [-0.4, -0.2) is 46.5 Å². The molecular formula is C17H22N4O. The Bertz CT molecular complexity index is 712. The van der Waals surface area contributed by atoms with Crippen LogP contribution in [0.25, 0.3) is 5.65 Å². The monoisotopic (exact) mass is 298 g/mol. The fraction of sp³-hybridized carbons (Fsp3) is 0.529. The van der Waals surface area contributed by atoms with E-state index in [2.05, 4.69) is 14.8 Å². The lowest BCUT2D eigenvalue weighted by Crippen LogP contribution is -2.50. The van der Waals surface area contributed by atoms with Gasteiger partial charge in [-0.25, -0.2) is 4.98 Å². The van der Waals surface area contributed by atoms with Crippen molar-refractivity contribution in [1.29, 1.82) is 0 Å². The van der Waals surface area contributed by atoms with Gasteiger partial charge in [-0.3, -0.25) is 14.1 Å². The highest BCUT2D eigenvalue weighted by Crippen LogP contribution is 2.25. The van der Waals surface area contributed by atoms with E-state index in [1.165, 1.54) is 25.7 Å². The van der Waals surface area contributed by atoms with Crippen LogP contribution in [0.5, 0.6) is 0 Å². The van der Waals surface area contributed by atoms with Gasteiger partial charge in [0.15, 0.2) is 0 Å². The van der Waals surface area contributed by atoms with E-state index in [0.29, 0.717) is 0 Å². The molecule has 0 N–H and O–H groups in total. The molecule has 116 valence electrons. The van der Waals surface area contributed by atoms with Crippen LogP contribution in [0.1, 0.15) is 25.7 Å². The highest BCUT2D eigenvalue weighted by Gasteiger charge is 2.26. The number of piperazine rings is 1. The molecule has 0 bridgehead atoms. The zero-order valence-corrected chi connectivity index (χ0v) is 12.8. The molecule has 3 heterocycles. The molecule has 22 heavy (non-hydrogen) atoms. The molecule has 2 aliphatic rings. The first-order valence-electron chi connectivity index (χ1n) is 8.29. The maximum atomic E-state index is 12.2. The van der Waals surface area contributed by atoms with E-state index < -0.39 is 0 Å². The van der Waals surface area contributed by atoms with E-state index in [1.807, 2.05) is 18.2 Å². The molecule has 0 spiro atoms. The number of hydrogen-bond acceptors (Lipinski definition) is 4. The summed E-state index contributed by atoms with van der Waals surface area (Å²) in [5.41, 5.74) is 0.724. The smallest absolute Gasteiger partial charge is 0.259 e. The van der Waals surface area contributed by atoms with E-state index in [4.69, 9.17) is 0 Å². The van der Waals surface area contributed by atoms with Crippen LogP contribution >= 0.6 is 0 Å². The molecule has 0 atom stereocenters. The Labute approximate surface area is 130 Å². The van der Waals surface area contributed by atoms with Crippen LogP contribution in [0, 0.1) is 0 Å². The van der Waals surface area contributed by atoms with Crippen molar-refractivity contribution in [3.05, 3.63) is 40.8 Å². The van der Waals surface area contributed by atoms with Crippen LogP contribution < -0.4 is 10.5 Å². The summed E-state index contributed by atoms with van der Waals surface area (Å²) in [6.45, 7) is 4.10. The Kier molecular flexibility index (Phi) is 3.58. The molecular weight excluding hydrogens is 276 g/mol. The predicted octanol–water partition coefficient (Wildman–Crippen LogP) is 1.76. The lowest BCUT2D eigenvalue weighted by atomic mass is 10.2. The molecule has 2 fully saturated rings. The molecule has 1 saturated heterocycles. The third kappa shape index (κ3) is 2.50. The third-order valence-electron chi connectivity index (χ3n) is 5.04. The van der Waals surface area contributed by atoms with Crippen LogP contribution in [0.4, 0.5) is 5.82 Å². The number of pyridine rings is 1. The Morgan fingerprint density at radius 3 is 2.59 bits per heavy atom. The first-order valence-corrected chi connectivity index (χ1v) is 8.29. The molecule has 1 aliphatic heterocycles. The highest BCUT2D eigenvalue weighted by atomic mass is 16.1. The lowest BCUT2D eigenvalue weighted by Gasteiger charge is -2.38. The molecule has 0 radical (unpaired) electrons. The minimum absolute atomic E-state index is 0.00109. The fourth-order valence-corrected chi connectivity index (χ4v) is 3.79. The Morgan fingerprint density at radius 2 is 1.82 bits per heavy atom. The summed E-state index contributed by atoms with van der Waals surface area (Å²) in [6.07, 6.45) is 7.25. The van der Waals surface area contributed by atoms with E-state index in [0.717, 1.165) is 43.7 Å². The molecule has 5 nitrogen and oxygen atoms in total. The van der Waals surface area contributed by atoms with Crippen molar-refractivity contribution in [3.63, 3.8) is 0 Å². The van der Waals surface area contributed by atoms with Crippen molar-refractivity contribution in [2.75, 3.05) is 31.1 Å². The van der Waals surface area contributed by atoms with Gasteiger partial charge < -0.3 is 4.90 Å². The average Bonchev–Trinajstić information content (AvgIpc) is 3.09. The van der Waals surface area contributed by atoms with E-state index in [9.17, 15) is 4.79 Å². The molecule has 0 aromatic carbocycles. The van der Waals surface area contributed by atoms with Gasteiger partial charge in [0.2, 0.25) is 0 Å². The van der Waals surface area contributed by atoms with Gasteiger partial charge >= 0.3 is 0 Å². The first kappa shape index (κ1) is 13.8. The second-order valence-electron chi connectivity index (χ2n) is 6.34. The van der Waals surface area contributed by atoms with Gasteiger partial charge in [0.1, 0.15) is 11.5 Å². The molecule has 5 heteroatoms. The van der Waals surface area contributed by atoms with Crippen molar-refractivity contribution in [2.24, 2.45) is 0 Å². The summed E-state index contributed by atoms with van der Waals surface area (Å²) in [4.78, 5) is 21.7. The minimum Gasteiger partial charge on any atom is -0.354 e. The summed E-state index contributed by atoms with van der Waals surface area (Å²) in [6, 6.07) is 8.12. The molecule has 2 aromatic heterocycles. The van der Waals surface area contributed by atoms with Crippen LogP contribution in [-0.2, 0) is 0 Å². The normalized spacial score (nSPS) is 20.8. The molecule has 2 aromatic rings. The predicted molar refractivity (Wildman–Crippen MR) is 87.5 cm³/mol. The highest BCUT2D eigenvalue weighted by molar-refractivity contribution is 5.48. The van der Waals surface area contributed by atoms with Gasteiger partial charge in [-0.15, -0.1) is 0 Å². The number of nitrogens with zero attached hydrogens (tertiary/aromatic N) is 4. The average molecular weight is 298 g/mol. The van der Waals surface area contributed by atoms with Crippen LogP contribution in [0.15, 0.2) is 35.3 Å². The molecule has 0 amide bonds. The van der Waals surface area contributed by atoms with Gasteiger partial charge in [0.25, 0.3) is 5.56 Å². The largest absolute Gasteiger partial charge is 0.354 e. The summed E-state index contributed by atoms with van der Waals surface area (Å²) in [7, 11) is 0. The topological polar surface area (TPSA) is 40.9 Å². The number of hydrogen-bond donors (Lipinski definition) is 0. The maximum Gasteiger partial charge on any atom is 0.259 e. The van der Waals surface area contributed by atoms with Gasteiger partial charge in [-0.1, -0.05) is 18.9 Å². The molecule has 0 unspecified atom stereocenters. The van der Waals surface area contributed by atoms with Crippen molar-refractivity contribution >= 4 is 11.5 Å². The van der Waals surface area contributed by atoms with Gasteiger partial charge in [-0.2, -0.15) is 0 Å². The van der Waals surface area contributed by atoms with E-state index in [1.54, 1.807) is 16.7 Å². The molecule has 1 saturated carbocycles. The maximum absolute atomic E-state index is 12.2. The van der Waals surface area contributed by atoms with Crippen molar-refractivity contribution in [2.45, 2.75) is 31.7 Å². The standard InChI is InChI=1S/C17H22N4O/c22-17-13-16(18-15-7-3-4-8-21(15)17)20-11-9-19(10-12-20)14-5-1-2-6-14/h3-4,7-8,13-14H,1-2,5-6,9-12H2. The van der Waals surface area contributed by atoms with Crippen molar-refractivity contribution in [3.8, 4) is 0 Å². The van der Waals surface area contributed by atoms with Gasteiger partial charge in [0.05, 0.1) is 0 Å². The Hall–Kier alpha value is -1.88. The lowest BCUT2D eigenvalue weighted by molar-refractivity contribution is 0.187. The second kappa shape index (κ2) is 5.72. The van der Waals surface area contributed by atoms with E-state index in [-0.39, 0.29) is 5.56 Å². The van der Waals surface area contributed by atoms with E-state index >= 15 is 0 Å². The van der Waals surface area contributed by atoms with Crippen LogP contribution in [0.2, 0.25) is 0 Å². The summed E-state index contributed by atoms with van der Waals surface area (Å²) in [5, 5.41) is 0. The number of fused-ring (bicyclic) bond motifs is 1. The molecule has 1 aliphatic carbocycles. The van der Waals surface area contributed by atoms with Crippen LogP contribution in [0.3, 0.4) is 0 Å². The zero-order chi connectivity index (χ0) is 14.9. The number of aromatic nitrogens is 2. The van der Waals surface area contributed by atoms with Gasteiger partial charge in [-0.05, 0) is 25.0 Å². The Morgan fingerprint density at radius 1 is 1.05 bits per heavy atom. The molecule has 4 rings (SSSR count). The quantitative estimate of drug-likeness (QED) is 0.847.